The second-order valence-electron chi connectivity index (χ2n) is 5.36. The number of ketones is 1. The smallest absolute Gasteiger partial charge is 0.213 e. The molecule has 0 amide bonds. The molecule has 1 saturated carbocycles. The molecule has 2 atom stereocenters. The van der Waals surface area contributed by atoms with Crippen LogP contribution < -0.4 is 10.0 Å². The van der Waals surface area contributed by atoms with Gasteiger partial charge in [-0.15, -0.1) is 0 Å². The molecule has 1 fully saturated rings. The summed E-state index contributed by atoms with van der Waals surface area (Å²) >= 11 is 0. The molecule has 0 aromatic rings. The molecule has 1 rings (SSSR count). The van der Waals surface area contributed by atoms with Gasteiger partial charge in [-0.3, -0.25) is 4.79 Å². The molecule has 5 nitrogen and oxygen atoms in total. The normalized spacial score (nSPS) is 24.7. The highest BCUT2D eigenvalue weighted by Crippen LogP contribution is 2.26. The van der Waals surface area contributed by atoms with Gasteiger partial charge in [0.05, 0.1) is 5.75 Å². The second-order valence-corrected chi connectivity index (χ2v) is 7.24. The van der Waals surface area contributed by atoms with E-state index in [2.05, 4.69) is 10.0 Å². The first kappa shape index (κ1) is 15.6. The minimum absolute atomic E-state index is 0.0338. The molecule has 0 heterocycles. The Morgan fingerprint density at radius 1 is 1.33 bits per heavy atom. The molecule has 0 radical (unpaired) electrons. The molecule has 18 heavy (non-hydrogen) atoms. The van der Waals surface area contributed by atoms with E-state index in [1.807, 2.05) is 13.8 Å². The van der Waals surface area contributed by atoms with Crippen molar-refractivity contribution in [2.45, 2.75) is 52.1 Å². The van der Waals surface area contributed by atoms with Gasteiger partial charge >= 0.3 is 0 Å². The summed E-state index contributed by atoms with van der Waals surface area (Å²) in [4.78, 5) is 11.2. The number of Topliss-reactive ketones (excluding diaryl/α,β-unsaturated/α-hetero) is 1. The minimum atomic E-state index is -3.23. The summed E-state index contributed by atoms with van der Waals surface area (Å²) in [5.74, 6) is 0.288. The molecule has 6 heteroatoms. The van der Waals surface area contributed by atoms with Crippen LogP contribution in [0.2, 0.25) is 0 Å². The van der Waals surface area contributed by atoms with Crippen LogP contribution in [0.4, 0.5) is 0 Å². The third-order valence-electron chi connectivity index (χ3n) is 3.28. The van der Waals surface area contributed by atoms with Gasteiger partial charge in [0.25, 0.3) is 0 Å². The van der Waals surface area contributed by atoms with E-state index in [1.165, 1.54) is 0 Å². The predicted molar refractivity (Wildman–Crippen MR) is 71.9 cm³/mol. The van der Waals surface area contributed by atoms with E-state index in [0.29, 0.717) is 13.0 Å². The quantitative estimate of drug-likeness (QED) is 0.716. The van der Waals surface area contributed by atoms with Gasteiger partial charge in [0.2, 0.25) is 10.0 Å². The van der Waals surface area contributed by atoms with Crippen LogP contribution in [0.25, 0.3) is 0 Å². The zero-order chi connectivity index (χ0) is 13.8. The number of hydrogen-bond acceptors (Lipinski definition) is 4. The lowest BCUT2D eigenvalue weighted by atomic mass is 10.0. The van der Waals surface area contributed by atoms with Crippen LogP contribution in [-0.4, -0.2) is 38.6 Å². The average molecular weight is 276 g/mol. The van der Waals surface area contributed by atoms with Gasteiger partial charge in [-0.1, -0.05) is 13.8 Å². The Balaban J connectivity index is 2.35. The van der Waals surface area contributed by atoms with Crippen LogP contribution >= 0.6 is 0 Å². The monoisotopic (exact) mass is 276 g/mol. The highest BCUT2D eigenvalue weighted by molar-refractivity contribution is 7.89. The Hall–Kier alpha value is -0.460. The fourth-order valence-corrected chi connectivity index (χ4v) is 3.48. The fraction of sp³-hybridized carbons (Fsp3) is 0.917. The van der Waals surface area contributed by atoms with Crippen molar-refractivity contribution in [1.82, 2.24) is 10.0 Å². The van der Waals surface area contributed by atoms with Crippen LogP contribution in [0.1, 0.15) is 40.0 Å². The Labute approximate surface area is 110 Å². The molecule has 106 valence electrons. The average Bonchev–Trinajstić information content (AvgIpc) is 2.64. The zero-order valence-electron chi connectivity index (χ0n) is 11.4. The lowest BCUT2D eigenvalue weighted by Gasteiger charge is -2.14. The van der Waals surface area contributed by atoms with E-state index in [1.54, 1.807) is 6.92 Å². The summed E-state index contributed by atoms with van der Waals surface area (Å²) in [5.41, 5.74) is 0. The molecular weight excluding hydrogens is 252 g/mol. The summed E-state index contributed by atoms with van der Waals surface area (Å²) < 4.78 is 26.3. The van der Waals surface area contributed by atoms with Gasteiger partial charge in [-0.25, -0.2) is 13.1 Å². The number of hydrogen-bond donors (Lipinski definition) is 2. The predicted octanol–water partition coefficient (Wildman–Crippen LogP) is 0.662. The van der Waals surface area contributed by atoms with Crippen LogP contribution in [0.15, 0.2) is 0 Å². The lowest BCUT2D eigenvalue weighted by Crippen LogP contribution is -2.38. The SMILES string of the molecule is CC(=O)C1CCC(NS(=O)(=O)CCNC(C)C)C1. The van der Waals surface area contributed by atoms with E-state index in [9.17, 15) is 13.2 Å². The Bertz CT molecular complexity index is 379. The van der Waals surface area contributed by atoms with Crippen molar-refractivity contribution in [1.29, 1.82) is 0 Å². The van der Waals surface area contributed by atoms with E-state index >= 15 is 0 Å². The molecular formula is C12H24N2O3S. The molecule has 0 aliphatic heterocycles. The van der Waals surface area contributed by atoms with Crippen molar-refractivity contribution in [3.63, 3.8) is 0 Å². The molecule has 1 aliphatic carbocycles. The van der Waals surface area contributed by atoms with Crippen molar-refractivity contribution in [2.75, 3.05) is 12.3 Å². The molecule has 2 N–H and O–H groups in total. The Kier molecular flexibility index (Phi) is 5.75. The largest absolute Gasteiger partial charge is 0.313 e. The van der Waals surface area contributed by atoms with Crippen LogP contribution in [0.5, 0.6) is 0 Å². The van der Waals surface area contributed by atoms with Gasteiger partial charge < -0.3 is 5.32 Å². The summed E-state index contributed by atoms with van der Waals surface area (Å²) in [7, 11) is -3.23. The summed E-state index contributed by atoms with van der Waals surface area (Å²) in [5, 5.41) is 3.08. The van der Waals surface area contributed by atoms with E-state index in [-0.39, 0.29) is 29.5 Å². The standard InChI is InChI=1S/C12H24N2O3S/c1-9(2)13-6-7-18(16,17)14-12-5-4-11(8-12)10(3)15/h9,11-14H,4-8H2,1-3H3. The third-order valence-corrected chi connectivity index (χ3v) is 4.71. The summed E-state index contributed by atoms with van der Waals surface area (Å²) in [6.07, 6.45) is 2.21. The van der Waals surface area contributed by atoms with Gasteiger partial charge in [-0.2, -0.15) is 0 Å². The number of nitrogens with one attached hydrogen (secondary N) is 2. The first-order valence-corrected chi connectivity index (χ1v) is 8.19. The molecule has 1 aliphatic rings. The molecule has 0 aromatic carbocycles. The number of carbonyl (C=O) groups is 1. The lowest BCUT2D eigenvalue weighted by molar-refractivity contribution is -0.120. The van der Waals surface area contributed by atoms with Crippen LogP contribution in [0.3, 0.4) is 0 Å². The topological polar surface area (TPSA) is 75.3 Å². The molecule has 2 unspecified atom stereocenters. The van der Waals surface area contributed by atoms with Crippen LogP contribution in [-0.2, 0) is 14.8 Å². The number of carbonyl (C=O) groups excluding carboxylic acids is 1. The Morgan fingerprint density at radius 2 is 2.00 bits per heavy atom. The fourth-order valence-electron chi connectivity index (χ4n) is 2.25. The first-order chi connectivity index (χ1) is 8.30. The van der Waals surface area contributed by atoms with E-state index in [0.717, 1.165) is 12.8 Å². The van der Waals surface area contributed by atoms with Crippen molar-refractivity contribution >= 4 is 15.8 Å². The molecule has 0 spiro atoms. The van der Waals surface area contributed by atoms with Gasteiger partial charge in [0.1, 0.15) is 5.78 Å². The van der Waals surface area contributed by atoms with Gasteiger partial charge in [0, 0.05) is 24.5 Å². The van der Waals surface area contributed by atoms with Crippen molar-refractivity contribution < 1.29 is 13.2 Å². The minimum Gasteiger partial charge on any atom is -0.313 e. The molecule has 0 bridgehead atoms. The summed E-state index contributed by atoms with van der Waals surface area (Å²) in [6.45, 7) is 5.99. The van der Waals surface area contributed by atoms with Crippen molar-refractivity contribution in [2.24, 2.45) is 5.92 Å². The van der Waals surface area contributed by atoms with E-state index < -0.39 is 10.0 Å². The summed E-state index contributed by atoms with van der Waals surface area (Å²) in [6, 6.07) is 0.219. The molecule has 0 aromatic heterocycles. The van der Waals surface area contributed by atoms with Gasteiger partial charge in [0.15, 0.2) is 0 Å². The highest BCUT2D eigenvalue weighted by atomic mass is 32.2. The maximum absolute atomic E-state index is 11.8. The second kappa shape index (κ2) is 6.63. The Morgan fingerprint density at radius 3 is 2.50 bits per heavy atom. The van der Waals surface area contributed by atoms with Crippen LogP contribution in [0, 0.1) is 5.92 Å². The third kappa shape index (κ3) is 5.46. The highest BCUT2D eigenvalue weighted by Gasteiger charge is 2.30. The number of rotatable bonds is 7. The van der Waals surface area contributed by atoms with E-state index in [4.69, 9.17) is 0 Å². The van der Waals surface area contributed by atoms with Crippen molar-refractivity contribution in [3.05, 3.63) is 0 Å². The first-order valence-electron chi connectivity index (χ1n) is 6.54. The number of sulfonamides is 1. The zero-order valence-corrected chi connectivity index (χ0v) is 12.2. The maximum atomic E-state index is 11.8. The molecule has 0 saturated heterocycles. The van der Waals surface area contributed by atoms with Gasteiger partial charge in [-0.05, 0) is 26.2 Å². The van der Waals surface area contributed by atoms with Crippen molar-refractivity contribution in [3.8, 4) is 0 Å². The maximum Gasteiger partial charge on any atom is 0.213 e.